The Morgan fingerprint density at radius 2 is 1.86 bits per heavy atom. The molecule has 2 rings (SSSR count). The highest BCUT2D eigenvalue weighted by molar-refractivity contribution is 6.36. The summed E-state index contributed by atoms with van der Waals surface area (Å²) in [5.41, 5.74) is 2.77. The molecule has 0 spiro atoms. The molecule has 0 saturated carbocycles. The molecule has 2 N–H and O–H groups in total. The molecule has 0 atom stereocenters. The smallest absolute Gasteiger partial charge is 0.226 e. The molecule has 0 bridgehead atoms. The van der Waals surface area contributed by atoms with Crippen molar-refractivity contribution >= 4 is 40.5 Å². The first kappa shape index (κ1) is 16.7. The molecule has 0 unspecified atom stereocenters. The summed E-state index contributed by atoms with van der Waals surface area (Å²) in [6, 6.07) is 13.0. The molecule has 3 nitrogen and oxygen atoms in total. The molecular formula is C17H18Cl2N2O. The maximum atomic E-state index is 12.0. The fourth-order valence-corrected chi connectivity index (χ4v) is 2.58. The number of anilines is 2. The van der Waals surface area contributed by atoms with Crippen LogP contribution in [0.15, 0.2) is 42.5 Å². The minimum Gasteiger partial charge on any atom is -0.383 e. The third-order valence-electron chi connectivity index (χ3n) is 3.27. The molecule has 0 heterocycles. The van der Waals surface area contributed by atoms with E-state index in [1.54, 1.807) is 18.2 Å². The van der Waals surface area contributed by atoms with Gasteiger partial charge in [0.25, 0.3) is 0 Å². The lowest BCUT2D eigenvalue weighted by Crippen LogP contribution is -2.17. The van der Waals surface area contributed by atoms with Crippen molar-refractivity contribution in [2.75, 3.05) is 17.2 Å². The van der Waals surface area contributed by atoms with E-state index >= 15 is 0 Å². The molecule has 0 aliphatic rings. The van der Waals surface area contributed by atoms with Gasteiger partial charge in [-0.05, 0) is 36.2 Å². The van der Waals surface area contributed by atoms with Gasteiger partial charge in [-0.3, -0.25) is 4.79 Å². The summed E-state index contributed by atoms with van der Waals surface area (Å²) in [6.07, 6.45) is 1.24. The van der Waals surface area contributed by atoms with Crippen molar-refractivity contribution in [3.8, 4) is 0 Å². The van der Waals surface area contributed by atoms with Gasteiger partial charge in [0, 0.05) is 23.7 Å². The van der Waals surface area contributed by atoms with Gasteiger partial charge in [0.05, 0.1) is 10.7 Å². The number of rotatable bonds is 6. The Labute approximate surface area is 140 Å². The molecule has 0 fully saturated rings. The van der Waals surface area contributed by atoms with Crippen molar-refractivity contribution in [2.24, 2.45) is 0 Å². The monoisotopic (exact) mass is 336 g/mol. The van der Waals surface area contributed by atoms with Gasteiger partial charge in [0.15, 0.2) is 0 Å². The summed E-state index contributed by atoms with van der Waals surface area (Å²) >= 11 is 11.9. The van der Waals surface area contributed by atoms with Gasteiger partial charge in [0.1, 0.15) is 0 Å². The van der Waals surface area contributed by atoms with Crippen molar-refractivity contribution in [2.45, 2.75) is 19.8 Å². The van der Waals surface area contributed by atoms with Gasteiger partial charge in [-0.1, -0.05) is 48.3 Å². The zero-order valence-electron chi connectivity index (χ0n) is 12.3. The van der Waals surface area contributed by atoms with E-state index in [4.69, 9.17) is 23.2 Å². The molecule has 0 aliphatic carbocycles. The number of carbonyl (C=O) groups is 1. The summed E-state index contributed by atoms with van der Waals surface area (Å²) in [6.45, 7) is 2.57. The van der Waals surface area contributed by atoms with Gasteiger partial charge >= 0.3 is 0 Å². The average molecular weight is 337 g/mol. The Kier molecular flexibility index (Phi) is 6.10. The molecule has 0 saturated heterocycles. The highest BCUT2D eigenvalue weighted by Crippen LogP contribution is 2.25. The van der Waals surface area contributed by atoms with Gasteiger partial charge in [-0.25, -0.2) is 0 Å². The maximum Gasteiger partial charge on any atom is 0.226 e. The number of aryl methyl sites for hydroxylation is 1. The van der Waals surface area contributed by atoms with Crippen LogP contribution in [0.5, 0.6) is 0 Å². The van der Waals surface area contributed by atoms with Gasteiger partial charge < -0.3 is 10.6 Å². The second kappa shape index (κ2) is 8.06. The van der Waals surface area contributed by atoms with E-state index < -0.39 is 0 Å². The standard InChI is InChI=1S/C17H18Cl2N2O/c1-2-12-5-3-4-6-15(12)21-17(22)9-10-20-16-8-7-13(18)11-14(16)19/h3-8,11,20H,2,9-10H2,1H3,(H,21,22). The third kappa shape index (κ3) is 4.65. The minimum absolute atomic E-state index is 0.0292. The van der Waals surface area contributed by atoms with E-state index in [0.717, 1.165) is 23.4 Å². The quantitative estimate of drug-likeness (QED) is 0.779. The second-order valence-electron chi connectivity index (χ2n) is 4.86. The fraction of sp³-hybridized carbons (Fsp3) is 0.235. The van der Waals surface area contributed by atoms with Crippen molar-refractivity contribution < 1.29 is 4.79 Å². The first-order valence-corrected chi connectivity index (χ1v) is 7.92. The van der Waals surface area contributed by atoms with Crippen LogP contribution in [0.3, 0.4) is 0 Å². The topological polar surface area (TPSA) is 41.1 Å². The second-order valence-corrected chi connectivity index (χ2v) is 5.70. The number of hydrogen-bond acceptors (Lipinski definition) is 2. The number of benzene rings is 2. The lowest BCUT2D eigenvalue weighted by atomic mass is 10.1. The predicted molar refractivity (Wildman–Crippen MR) is 94.0 cm³/mol. The van der Waals surface area contributed by atoms with E-state index in [9.17, 15) is 4.79 Å². The van der Waals surface area contributed by atoms with E-state index in [1.807, 2.05) is 24.3 Å². The number of nitrogens with one attached hydrogen (secondary N) is 2. The molecule has 2 aromatic rings. The van der Waals surface area contributed by atoms with Crippen LogP contribution in [0.4, 0.5) is 11.4 Å². The fourth-order valence-electron chi connectivity index (χ4n) is 2.11. The van der Waals surface area contributed by atoms with Gasteiger partial charge in [-0.15, -0.1) is 0 Å². The predicted octanol–water partition coefficient (Wildman–Crippen LogP) is 5.00. The Bertz CT molecular complexity index is 659. The van der Waals surface area contributed by atoms with Crippen molar-refractivity contribution in [1.82, 2.24) is 0 Å². The first-order chi connectivity index (χ1) is 10.6. The number of halogens is 2. The van der Waals surface area contributed by atoms with Gasteiger partial charge in [0.2, 0.25) is 5.91 Å². The van der Waals surface area contributed by atoms with Gasteiger partial charge in [-0.2, -0.15) is 0 Å². The molecule has 0 radical (unpaired) electrons. The number of para-hydroxylation sites is 1. The van der Waals surface area contributed by atoms with Crippen molar-refractivity contribution in [3.05, 3.63) is 58.1 Å². The lowest BCUT2D eigenvalue weighted by molar-refractivity contribution is -0.115. The van der Waals surface area contributed by atoms with Crippen molar-refractivity contribution in [1.29, 1.82) is 0 Å². The molecule has 2 aromatic carbocycles. The lowest BCUT2D eigenvalue weighted by Gasteiger charge is -2.11. The minimum atomic E-state index is -0.0292. The van der Waals surface area contributed by atoms with E-state index in [2.05, 4.69) is 17.6 Å². The normalized spacial score (nSPS) is 10.3. The van der Waals surface area contributed by atoms with E-state index in [-0.39, 0.29) is 5.91 Å². The SMILES string of the molecule is CCc1ccccc1NC(=O)CCNc1ccc(Cl)cc1Cl. The summed E-state index contributed by atoms with van der Waals surface area (Å²) in [5, 5.41) is 7.21. The number of hydrogen-bond donors (Lipinski definition) is 2. The van der Waals surface area contributed by atoms with Crippen molar-refractivity contribution in [3.63, 3.8) is 0 Å². The van der Waals surface area contributed by atoms with E-state index in [1.165, 1.54) is 0 Å². The Hall–Kier alpha value is -1.71. The van der Waals surface area contributed by atoms with Crippen LogP contribution in [-0.2, 0) is 11.2 Å². The van der Waals surface area contributed by atoms with Crippen LogP contribution >= 0.6 is 23.2 Å². The molecular weight excluding hydrogens is 319 g/mol. The molecule has 1 amide bonds. The molecule has 0 aromatic heterocycles. The molecule has 5 heteroatoms. The first-order valence-electron chi connectivity index (χ1n) is 7.17. The highest BCUT2D eigenvalue weighted by atomic mass is 35.5. The summed E-state index contributed by atoms with van der Waals surface area (Å²) < 4.78 is 0. The van der Waals surface area contributed by atoms with Crippen LogP contribution in [0.25, 0.3) is 0 Å². The average Bonchev–Trinajstić information content (AvgIpc) is 2.50. The Morgan fingerprint density at radius 1 is 1.09 bits per heavy atom. The summed E-state index contributed by atoms with van der Waals surface area (Å²) in [7, 11) is 0. The summed E-state index contributed by atoms with van der Waals surface area (Å²) in [5.74, 6) is -0.0292. The van der Waals surface area contributed by atoms with Crippen LogP contribution in [-0.4, -0.2) is 12.5 Å². The highest BCUT2D eigenvalue weighted by Gasteiger charge is 2.06. The molecule has 22 heavy (non-hydrogen) atoms. The zero-order chi connectivity index (χ0) is 15.9. The van der Waals surface area contributed by atoms with E-state index in [0.29, 0.717) is 23.0 Å². The van der Waals surface area contributed by atoms with Crippen LogP contribution in [0.1, 0.15) is 18.9 Å². The third-order valence-corrected chi connectivity index (χ3v) is 3.82. The number of amides is 1. The maximum absolute atomic E-state index is 12.0. The molecule has 0 aliphatic heterocycles. The van der Waals surface area contributed by atoms with Crippen LogP contribution < -0.4 is 10.6 Å². The Balaban J connectivity index is 1.85. The molecule has 116 valence electrons. The zero-order valence-corrected chi connectivity index (χ0v) is 13.8. The van der Waals surface area contributed by atoms with Crippen LogP contribution in [0, 0.1) is 0 Å². The largest absolute Gasteiger partial charge is 0.383 e. The summed E-state index contributed by atoms with van der Waals surface area (Å²) in [4.78, 5) is 12.0. The van der Waals surface area contributed by atoms with Crippen LogP contribution in [0.2, 0.25) is 10.0 Å². The number of carbonyl (C=O) groups excluding carboxylic acids is 1. The Morgan fingerprint density at radius 3 is 2.59 bits per heavy atom.